The van der Waals surface area contributed by atoms with E-state index in [2.05, 4.69) is 15.9 Å². The first kappa shape index (κ1) is 14.8. The Hall–Kier alpha value is -0.610. The maximum absolute atomic E-state index is 13.3. The molecule has 0 aliphatic carbocycles. The van der Waals surface area contributed by atoms with Crippen LogP contribution in [0.4, 0.5) is 4.39 Å². The molecular formula is C14H11BrCl2FN. The second-order valence-electron chi connectivity index (χ2n) is 4.25. The molecule has 100 valence electrons. The van der Waals surface area contributed by atoms with Crippen LogP contribution in [-0.4, -0.2) is 0 Å². The molecule has 0 aromatic heterocycles. The summed E-state index contributed by atoms with van der Waals surface area (Å²) in [6, 6.07) is 9.59. The van der Waals surface area contributed by atoms with Crippen LogP contribution in [0.25, 0.3) is 0 Å². The average molecular weight is 363 g/mol. The number of rotatable bonds is 3. The fourth-order valence-electron chi connectivity index (χ4n) is 1.89. The Morgan fingerprint density at radius 2 is 1.89 bits per heavy atom. The van der Waals surface area contributed by atoms with Crippen molar-refractivity contribution in [3.05, 3.63) is 67.9 Å². The summed E-state index contributed by atoms with van der Waals surface area (Å²) in [5.74, 6) is -0.293. The lowest BCUT2D eigenvalue weighted by Crippen LogP contribution is -2.14. The van der Waals surface area contributed by atoms with E-state index in [1.165, 1.54) is 12.1 Å². The van der Waals surface area contributed by atoms with Gasteiger partial charge in [0.05, 0.1) is 0 Å². The molecule has 2 N–H and O–H groups in total. The summed E-state index contributed by atoms with van der Waals surface area (Å²) in [5.41, 5.74) is 7.72. The summed E-state index contributed by atoms with van der Waals surface area (Å²) in [4.78, 5) is 0. The molecule has 1 atom stereocenters. The molecule has 2 aromatic rings. The maximum atomic E-state index is 13.3. The molecule has 0 fully saturated rings. The molecule has 19 heavy (non-hydrogen) atoms. The predicted octanol–water partition coefficient (Wildman–Crippen LogP) is 5.14. The van der Waals surface area contributed by atoms with Crippen LogP contribution in [0.5, 0.6) is 0 Å². The Labute approximate surface area is 129 Å². The van der Waals surface area contributed by atoms with Crippen molar-refractivity contribution in [3.8, 4) is 0 Å². The third-order valence-electron chi connectivity index (χ3n) is 2.74. The maximum Gasteiger partial charge on any atom is 0.124 e. The lowest BCUT2D eigenvalue weighted by molar-refractivity contribution is 0.621. The van der Waals surface area contributed by atoms with Gasteiger partial charge in [0, 0.05) is 20.6 Å². The molecule has 1 unspecified atom stereocenters. The normalized spacial score (nSPS) is 12.5. The van der Waals surface area contributed by atoms with Crippen LogP contribution in [0, 0.1) is 5.82 Å². The van der Waals surface area contributed by atoms with E-state index < -0.39 is 0 Å². The number of hydrogen-bond donors (Lipinski definition) is 1. The van der Waals surface area contributed by atoms with E-state index in [0.29, 0.717) is 20.9 Å². The van der Waals surface area contributed by atoms with Gasteiger partial charge >= 0.3 is 0 Å². The van der Waals surface area contributed by atoms with Crippen molar-refractivity contribution in [1.29, 1.82) is 0 Å². The van der Waals surface area contributed by atoms with E-state index in [0.717, 1.165) is 11.1 Å². The highest BCUT2D eigenvalue weighted by molar-refractivity contribution is 9.10. The number of nitrogens with two attached hydrogens (primary N) is 1. The minimum absolute atomic E-state index is 0.293. The van der Waals surface area contributed by atoms with Gasteiger partial charge in [-0.15, -0.1) is 0 Å². The van der Waals surface area contributed by atoms with Crippen molar-refractivity contribution < 1.29 is 4.39 Å². The number of benzene rings is 2. The van der Waals surface area contributed by atoms with Gasteiger partial charge < -0.3 is 5.73 Å². The van der Waals surface area contributed by atoms with Crippen LogP contribution in [0.1, 0.15) is 17.2 Å². The predicted molar refractivity (Wildman–Crippen MR) is 81.2 cm³/mol. The molecule has 0 saturated heterocycles. The Bertz CT molecular complexity index is 584. The summed E-state index contributed by atoms with van der Waals surface area (Å²) in [6.45, 7) is 0. The molecule has 0 aliphatic heterocycles. The smallest absolute Gasteiger partial charge is 0.124 e. The van der Waals surface area contributed by atoms with Crippen LogP contribution in [0.3, 0.4) is 0 Å². The topological polar surface area (TPSA) is 26.0 Å². The Morgan fingerprint density at radius 1 is 1.16 bits per heavy atom. The lowest BCUT2D eigenvalue weighted by Gasteiger charge is -2.14. The van der Waals surface area contributed by atoms with Crippen molar-refractivity contribution in [2.24, 2.45) is 5.73 Å². The first-order valence-corrected chi connectivity index (χ1v) is 7.16. The van der Waals surface area contributed by atoms with Gasteiger partial charge in [-0.05, 0) is 47.9 Å². The molecule has 0 spiro atoms. The quantitative estimate of drug-likeness (QED) is 0.803. The molecule has 0 bridgehead atoms. The van der Waals surface area contributed by atoms with E-state index in [9.17, 15) is 4.39 Å². The standard InChI is InChI=1S/C14H11BrCl2FN/c15-9-3-8(4-11(18)6-9)5-14(19)12-2-1-10(16)7-13(12)17/h1-4,6-7,14H,5,19H2. The molecule has 2 aromatic carbocycles. The average Bonchev–Trinajstić information content (AvgIpc) is 2.26. The fraction of sp³-hybridized carbons (Fsp3) is 0.143. The van der Waals surface area contributed by atoms with Crippen molar-refractivity contribution in [2.45, 2.75) is 12.5 Å². The first-order valence-electron chi connectivity index (χ1n) is 5.61. The van der Waals surface area contributed by atoms with E-state index in [1.54, 1.807) is 18.2 Å². The van der Waals surface area contributed by atoms with Gasteiger partial charge in [-0.2, -0.15) is 0 Å². The Morgan fingerprint density at radius 3 is 2.53 bits per heavy atom. The van der Waals surface area contributed by atoms with Crippen LogP contribution in [0.15, 0.2) is 40.9 Å². The van der Waals surface area contributed by atoms with Crippen LogP contribution in [-0.2, 0) is 6.42 Å². The molecule has 0 saturated carbocycles. The second kappa shape index (κ2) is 6.23. The highest BCUT2D eigenvalue weighted by atomic mass is 79.9. The van der Waals surface area contributed by atoms with Crippen molar-refractivity contribution >= 4 is 39.1 Å². The third-order valence-corrected chi connectivity index (χ3v) is 3.76. The van der Waals surface area contributed by atoms with E-state index in [-0.39, 0.29) is 11.9 Å². The van der Waals surface area contributed by atoms with Gasteiger partial charge in [0.25, 0.3) is 0 Å². The molecule has 2 rings (SSSR count). The van der Waals surface area contributed by atoms with Crippen molar-refractivity contribution in [2.75, 3.05) is 0 Å². The zero-order valence-corrected chi connectivity index (χ0v) is 12.9. The Balaban J connectivity index is 2.22. The number of halogens is 4. The largest absolute Gasteiger partial charge is 0.324 e. The van der Waals surface area contributed by atoms with E-state index >= 15 is 0 Å². The minimum atomic E-state index is -0.307. The molecule has 1 nitrogen and oxygen atoms in total. The zero-order valence-electron chi connectivity index (χ0n) is 9.84. The Kier molecular flexibility index (Phi) is 4.85. The van der Waals surface area contributed by atoms with Crippen LogP contribution < -0.4 is 5.73 Å². The van der Waals surface area contributed by atoms with Crippen molar-refractivity contribution in [1.82, 2.24) is 0 Å². The molecular weight excluding hydrogens is 352 g/mol. The van der Waals surface area contributed by atoms with Gasteiger partial charge in [0.15, 0.2) is 0 Å². The molecule has 0 radical (unpaired) electrons. The number of hydrogen-bond acceptors (Lipinski definition) is 1. The first-order chi connectivity index (χ1) is 8.95. The highest BCUT2D eigenvalue weighted by Gasteiger charge is 2.12. The minimum Gasteiger partial charge on any atom is -0.324 e. The van der Waals surface area contributed by atoms with Crippen molar-refractivity contribution in [3.63, 3.8) is 0 Å². The van der Waals surface area contributed by atoms with Gasteiger partial charge in [0.2, 0.25) is 0 Å². The molecule has 0 heterocycles. The van der Waals surface area contributed by atoms with E-state index in [4.69, 9.17) is 28.9 Å². The van der Waals surface area contributed by atoms with Gasteiger partial charge in [-0.3, -0.25) is 0 Å². The molecule has 5 heteroatoms. The van der Waals surface area contributed by atoms with Gasteiger partial charge in [-0.25, -0.2) is 4.39 Å². The monoisotopic (exact) mass is 361 g/mol. The molecule has 0 amide bonds. The van der Waals surface area contributed by atoms with Gasteiger partial charge in [0.1, 0.15) is 5.82 Å². The lowest BCUT2D eigenvalue weighted by atomic mass is 9.99. The zero-order chi connectivity index (χ0) is 14.0. The third kappa shape index (κ3) is 3.93. The summed E-state index contributed by atoms with van der Waals surface area (Å²) >= 11 is 15.2. The SMILES string of the molecule is NC(Cc1cc(F)cc(Br)c1)c1ccc(Cl)cc1Cl. The summed E-state index contributed by atoms with van der Waals surface area (Å²) in [5, 5.41) is 1.09. The van der Waals surface area contributed by atoms with Gasteiger partial charge in [-0.1, -0.05) is 45.2 Å². The van der Waals surface area contributed by atoms with E-state index in [1.807, 2.05) is 6.07 Å². The fourth-order valence-corrected chi connectivity index (χ4v) is 2.96. The summed E-state index contributed by atoms with van der Waals surface area (Å²) in [6.07, 6.45) is 0.498. The second-order valence-corrected chi connectivity index (χ2v) is 6.01. The molecule has 0 aliphatic rings. The van der Waals surface area contributed by atoms with Crippen LogP contribution in [0.2, 0.25) is 10.0 Å². The summed E-state index contributed by atoms with van der Waals surface area (Å²) < 4.78 is 14.0. The highest BCUT2D eigenvalue weighted by Crippen LogP contribution is 2.27. The summed E-state index contributed by atoms with van der Waals surface area (Å²) in [7, 11) is 0. The van der Waals surface area contributed by atoms with Crippen LogP contribution >= 0.6 is 39.1 Å².